The fourth-order valence-corrected chi connectivity index (χ4v) is 3.63. The molecule has 0 spiro atoms. The summed E-state index contributed by atoms with van der Waals surface area (Å²) in [5.41, 5.74) is 5.46. The Hall–Kier alpha value is -3.26. The topological polar surface area (TPSA) is 25.2 Å². The van der Waals surface area contributed by atoms with Crippen LogP contribution in [0.5, 0.6) is 0 Å². The molecular formula is C24H19NO. The molecule has 126 valence electrons. The van der Waals surface area contributed by atoms with Gasteiger partial charge in [0.05, 0.1) is 5.69 Å². The van der Waals surface area contributed by atoms with Gasteiger partial charge < -0.3 is 9.73 Å². The van der Waals surface area contributed by atoms with Gasteiger partial charge in [0.2, 0.25) is 0 Å². The summed E-state index contributed by atoms with van der Waals surface area (Å²) < 4.78 is 6.11. The van der Waals surface area contributed by atoms with E-state index < -0.39 is 0 Å². The first-order valence-corrected chi connectivity index (χ1v) is 8.99. The quantitative estimate of drug-likeness (QED) is 0.467. The second-order valence-electron chi connectivity index (χ2n) is 6.65. The third kappa shape index (κ3) is 2.60. The van der Waals surface area contributed by atoms with E-state index in [2.05, 4.69) is 84.2 Å². The molecule has 0 aliphatic heterocycles. The molecule has 5 rings (SSSR count). The molecule has 2 heteroatoms. The minimum atomic E-state index is 0.265. The number of hydrogen-bond donors (Lipinski definition) is 1. The van der Waals surface area contributed by atoms with Crippen LogP contribution in [0.3, 0.4) is 0 Å². The van der Waals surface area contributed by atoms with E-state index in [4.69, 9.17) is 4.42 Å². The van der Waals surface area contributed by atoms with E-state index in [0.717, 1.165) is 34.0 Å². The average Bonchev–Trinajstić information content (AvgIpc) is 3.09. The van der Waals surface area contributed by atoms with Crippen molar-refractivity contribution in [2.75, 3.05) is 5.32 Å². The third-order valence-corrected chi connectivity index (χ3v) is 4.95. The second-order valence-corrected chi connectivity index (χ2v) is 6.65. The SMILES string of the molecule is C1=CC(Nc2cccc3c2oc2ccccc23)CC=C1c1ccccc1. The van der Waals surface area contributed by atoms with Gasteiger partial charge in [-0.05, 0) is 29.7 Å². The molecule has 1 atom stereocenters. The first-order valence-electron chi connectivity index (χ1n) is 8.99. The molecule has 4 aromatic rings. The van der Waals surface area contributed by atoms with Crippen LogP contribution in [0.4, 0.5) is 5.69 Å². The van der Waals surface area contributed by atoms with Crippen LogP contribution in [-0.4, -0.2) is 6.04 Å². The van der Waals surface area contributed by atoms with Crippen LogP contribution in [-0.2, 0) is 0 Å². The molecule has 1 aromatic heterocycles. The van der Waals surface area contributed by atoms with Gasteiger partial charge in [0.15, 0.2) is 5.58 Å². The van der Waals surface area contributed by atoms with Gasteiger partial charge in [-0.3, -0.25) is 0 Å². The molecule has 1 unspecified atom stereocenters. The monoisotopic (exact) mass is 337 g/mol. The Morgan fingerprint density at radius 2 is 1.62 bits per heavy atom. The van der Waals surface area contributed by atoms with Crippen molar-refractivity contribution in [1.29, 1.82) is 0 Å². The molecule has 0 bridgehead atoms. The van der Waals surface area contributed by atoms with Gasteiger partial charge >= 0.3 is 0 Å². The molecule has 0 fully saturated rings. The van der Waals surface area contributed by atoms with E-state index in [1.165, 1.54) is 11.1 Å². The maximum atomic E-state index is 6.11. The summed E-state index contributed by atoms with van der Waals surface area (Å²) in [5, 5.41) is 5.95. The predicted octanol–water partition coefficient (Wildman–Crippen LogP) is 6.41. The van der Waals surface area contributed by atoms with Crippen molar-refractivity contribution in [1.82, 2.24) is 0 Å². The Morgan fingerprint density at radius 1 is 0.808 bits per heavy atom. The lowest BCUT2D eigenvalue weighted by Crippen LogP contribution is -2.17. The van der Waals surface area contributed by atoms with E-state index in [9.17, 15) is 0 Å². The molecule has 1 aliphatic carbocycles. The van der Waals surface area contributed by atoms with Crippen molar-refractivity contribution < 1.29 is 4.42 Å². The molecule has 1 aliphatic rings. The molecule has 0 saturated carbocycles. The highest BCUT2D eigenvalue weighted by atomic mass is 16.3. The highest BCUT2D eigenvalue weighted by molar-refractivity contribution is 6.08. The third-order valence-electron chi connectivity index (χ3n) is 4.95. The first-order chi connectivity index (χ1) is 12.9. The lowest BCUT2D eigenvalue weighted by molar-refractivity contribution is 0.668. The zero-order chi connectivity index (χ0) is 17.3. The van der Waals surface area contributed by atoms with E-state index in [0.29, 0.717) is 0 Å². The summed E-state index contributed by atoms with van der Waals surface area (Å²) >= 11 is 0. The van der Waals surface area contributed by atoms with Crippen molar-refractivity contribution >= 4 is 33.2 Å². The minimum Gasteiger partial charge on any atom is -0.454 e. The fraction of sp³-hybridized carbons (Fsp3) is 0.0833. The average molecular weight is 337 g/mol. The maximum Gasteiger partial charge on any atom is 0.158 e. The number of fused-ring (bicyclic) bond motifs is 3. The Labute approximate surface area is 152 Å². The number of allylic oxidation sites excluding steroid dienone is 2. The molecule has 0 radical (unpaired) electrons. The van der Waals surface area contributed by atoms with Crippen molar-refractivity contribution in [2.24, 2.45) is 0 Å². The number of hydrogen-bond acceptors (Lipinski definition) is 2. The summed E-state index contributed by atoms with van der Waals surface area (Å²) in [6.45, 7) is 0. The molecule has 1 heterocycles. The van der Waals surface area contributed by atoms with Crippen LogP contribution in [0.1, 0.15) is 12.0 Å². The number of para-hydroxylation sites is 2. The highest BCUT2D eigenvalue weighted by Crippen LogP contribution is 2.34. The number of anilines is 1. The van der Waals surface area contributed by atoms with Crippen LogP contribution in [0.2, 0.25) is 0 Å². The van der Waals surface area contributed by atoms with E-state index in [1.54, 1.807) is 0 Å². The van der Waals surface area contributed by atoms with Crippen LogP contribution in [0.15, 0.2) is 95.4 Å². The number of rotatable bonds is 3. The number of benzene rings is 3. The summed E-state index contributed by atoms with van der Waals surface area (Å²) in [7, 11) is 0. The van der Waals surface area contributed by atoms with Gasteiger partial charge in [0, 0.05) is 16.8 Å². The lowest BCUT2D eigenvalue weighted by Gasteiger charge is -2.19. The van der Waals surface area contributed by atoms with Crippen molar-refractivity contribution in [3.8, 4) is 0 Å². The lowest BCUT2D eigenvalue weighted by atomic mass is 9.97. The zero-order valence-corrected chi connectivity index (χ0v) is 14.4. The number of furan rings is 1. The number of nitrogens with one attached hydrogen (secondary N) is 1. The highest BCUT2D eigenvalue weighted by Gasteiger charge is 2.14. The molecular weight excluding hydrogens is 318 g/mol. The van der Waals surface area contributed by atoms with Crippen molar-refractivity contribution in [3.63, 3.8) is 0 Å². The summed E-state index contributed by atoms with van der Waals surface area (Å²) in [6, 6.07) is 25.3. The normalized spacial score (nSPS) is 16.8. The fourth-order valence-electron chi connectivity index (χ4n) is 3.63. The molecule has 0 amide bonds. The summed E-state index contributed by atoms with van der Waals surface area (Å²) in [6.07, 6.45) is 7.70. The van der Waals surface area contributed by atoms with Crippen LogP contribution in [0.25, 0.3) is 27.5 Å². The molecule has 2 nitrogen and oxygen atoms in total. The standard InChI is InChI=1S/C24H19NO/c1-2-7-17(8-3-1)18-13-15-19(16-14-18)25-22-11-6-10-21-20-9-4-5-12-23(20)26-24(21)22/h1-15,19,25H,16H2. The largest absolute Gasteiger partial charge is 0.454 e. The predicted molar refractivity (Wildman–Crippen MR) is 109 cm³/mol. The molecule has 0 saturated heterocycles. The second kappa shape index (κ2) is 6.23. The van der Waals surface area contributed by atoms with Gasteiger partial charge in [-0.2, -0.15) is 0 Å². The minimum absolute atomic E-state index is 0.265. The smallest absolute Gasteiger partial charge is 0.158 e. The van der Waals surface area contributed by atoms with Crippen LogP contribution < -0.4 is 5.32 Å². The Morgan fingerprint density at radius 3 is 2.46 bits per heavy atom. The van der Waals surface area contributed by atoms with Gasteiger partial charge in [0.25, 0.3) is 0 Å². The van der Waals surface area contributed by atoms with Gasteiger partial charge in [-0.1, -0.05) is 78.9 Å². The maximum absolute atomic E-state index is 6.11. The molecule has 3 aromatic carbocycles. The Kier molecular flexibility index (Phi) is 3.60. The summed E-state index contributed by atoms with van der Waals surface area (Å²) in [5.74, 6) is 0. The summed E-state index contributed by atoms with van der Waals surface area (Å²) in [4.78, 5) is 0. The van der Waals surface area contributed by atoms with Gasteiger partial charge in [0.1, 0.15) is 5.58 Å². The molecule has 26 heavy (non-hydrogen) atoms. The van der Waals surface area contributed by atoms with Crippen molar-refractivity contribution in [3.05, 3.63) is 96.6 Å². The zero-order valence-electron chi connectivity index (χ0n) is 14.4. The van der Waals surface area contributed by atoms with E-state index >= 15 is 0 Å². The van der Waals surface area contributed by atoms with E-state index in [-0.39, 0.29) is 6.04 Å². The first kappa shape index (κ1) is 15.0. The molecule has 1 N–H and O–H groups in total. The van der Waals surface area contributed by atoms with E-state index in [1.807, 2.05) is 12.1 Å². The van der Waals surface area contributed by atoms with Crippen molar-refractivity contribution in [2.45, 2.75) is 12.5 Å². The van der Waals surface area contributed by atoms with Crippen LogP contribution >= 0.6 is 0 Å². The van der Waals surface area contributed by atoms with Gasteiger partial charge in [-0.25, -0.2) is 0 Å². The van der Waals surface area contributed by atoms with Crippen LogP contribution in [0, 0.1) is 0 Å². The van der Waals surface area contributed by atoms with Gasteiger partial charge in [-0.15, -0.1) is 0 Å². The Bertz CT molecular complexity index is 1130. The Balaban J connectivity index is 1.43.